The van der Waals surface area contributed by atoms with Crippen molar-refractivity contribution in [1.29, 1.82) is 0 Å². The Kier molecular flexibility index (Phi) is 3.96. The number of carboxylic acid groups (broad SMARTS) is 1. The molecule has 0 saturated heterocycles. The van der Waals surface area contributed by atoms with Crippen molar-refractivity contribution in [3.05, 3.63) is 24.0 Å². The van der Waals surface area contributed by atoms with Crippen molar-refractivity contribution in [1.82, 2.24) is 4.98 Å². The molecule has 1 atom stereocenters. The highest BCUT2D eigenvalue weighted by Gasteiger charge is 2.15. The van der Waals surface area contributed by atoms with Crippen molar-refractivity contribution in [3.8, 4) is 0 Å². The summed E-state index contributed by atoms with van der Waals surface area (Å²) in [5.74, 6) is -1.18. The maximum Gasteiger partial charge on any atom is 0.322 e. The number of nitrogens with zero attached hydrogens (tertiary/aromatic N) is 1. The third kappa shape index (κ3) is 3.03. The number of aliphatic carboxylic acids is 1. The molecule has 1 rings (SSSR count). The lowest BCUT2D eigenvalue weighted by Gasteiger charge is -2.13. The molecule has 16 heavy (non-hydrogen) atoms. The van der Waals surface area contributed by atoms with Crippen molar-refractivity contribution in [2.75, 3.05) is 11.9 Å². The Bertz CT molecular complexity index is 406. The molecule has 4 N–H and O–H groups in total. The van der Waals surface area contributed by atoms with E-state index in [9.17, 15) is 9.59 Å². The van der Waals surface area contributed by atoms with Crippen molar-refractivity contribution in [3.63, 3.8) is 0 Å². The number of pyridine rings is 1. The van der Waals surface area contributed by atoms with E-state index in [-0.39, 0.29) is 12.3 Å². The van der Waals surface area contributed by atoms with Gasteiger partial charge in [0.25, 0.3) is 0 Å². The second-order valence-corrected chi connectivity index (χ2v) is 3.30. The summed E-state index contributed by atoms with van der Waals surface area (Å²) in [5, 5.41) is 11.2. The number of rotatable bonds is 5. The maximum absolute atomic E-state index is 11.1. The topological polar surface area (TPSA) is 105 Å². The fourth-order valence-corrected chi connectivity index (χ4v) is 1.21. The van der Waals surface area contributed by atoms with Gasteiger partial charge in [0.15, 0.2) is 5.78 Å². The van der Waals surface area contributed by atoms with Gasteiger partial charge in [-0.1, -0.05) is 0 Å². The highest BCUT2D eigenvalue weighted by atomic mass is 16.4. The molecule has 1 aromatic rings. The van der Waals surface area contributed by atoms with Crippen LogP contribution in [0.15, 0.2) is 18.5 Å². The van der Waals surface area contributed by atoms with Crippen molar-refractivity contribution >= 4 is 17.4 Å². The normalized spacial score (nSPS) is 11.9. The highest BCUT2D eigenvalue weighted by molar-refractivity contribution is 5.84. The zero-order valence-corrected chi connectivity index (χ0v) is 8.80. The standard InChI is InChI=1S/C10H13N3O3/c1-6(14)10(11)7-2-3-12-4-8(7)13-5-9(15)16/h2-4,10,13H,5,11H2,1H3,(H,15,16). The first-order valence-electron chi connectivity index (χ1n) is 4.68. The summed E-state index contributed by atoms with van der Waals surface area (Å²) in [6.07, 6.45) is 2.95. The molecule has 0 spiro atoms. The van der Waals surface area contributed by atoms with E-state index in [0.29, 0.717) is 11.3 Å². The fourth-order valence-electron chi connectivity index (χ4n) is 1.21. The van der Waals surface area contributed by atoms with Gasteiger partial charge in [0, 0.05) is 11.8 Å². The average Bonchev–Trinajstić information content (AvgIpc) is 2.25. The first-order valence-corrected chi connectivity index (χ1v) is 4.68. The molecule has 0 radical (unpaired) electrons. The van der Waals surface area contributed by atoms with Crippen LogP contribution in [0.2, 0.25) is 0 Å². The highest BCUT2D eigenvalue weighted by Crippen LogP contribution is 2.20. The van der Waals surface area contributed by atoms with Gasteiger partial charge in [0.1, 0.15) is 6.54 Å². The average molecular weight is 223 g/mol. The number of nitrogens with two attached hydrogens (primary N) is 1. The number of carbonyl (C=O) groups is 2. The molecule has 0 aliphatic carbocycles. The zero-order chi connectivity index (χ0) is 12.1. The quantitative estimate of drug-likeness (QED) is 0.657. The summed E-state index contributed by atoms with van der Waals surface area (Å²) in [6, 6.07) is 0.829. The lowest BCUT2D eigenvalue weighted by molar-refractivity contribution is -0.134. The zero-order valence-electron chi connectivity index (χ0n) is 8.80. The molecule has 0 amide bonds. The van der Waals surface area contributed by atoms with Crippen molar-refractivity contribution in [2.24, 2.45) is 5.73 Å². The van der Waals surface area contributed by atoms with Gasteiger partial charge in [-0.25, -0.2) is 0 Å². The minimum Gasteiger partial charge on any atom is -0.480 e. The Morgan fingerprint density at radius 3 is 2.88 bits per heavy atom. The van der Waals surface area contributed by atoms with Crippen LogP contribution in [0.3, 0.4) is 0 Å². The molecule has 1 heterocycles. The minimum atomic E-state index is -0.994. The molecular weight excluding hydrogens is 210 g/mol. The summed E-state index contributed by atoms with van der Waals surface area (Å²) in [6.45, 7) is 1.13. The van der Waals surface area contributed by atoms with Crippen LogP contribution in [0, 0.1) is 0 Å². The summed E-state index contributed by atoms with van der Waals surface area (Å²) in [7, 11) is 0. The van der Waals surface area contributed by atoms with Gasteiger partial charge in [-0.15, -0.1) is 0 Å². The van der Waals surface area contributed by atoms with Crippen LogP contribution in [0.4, 0.5) is 5.69 Å². The summed E-state index contributed by atoms with van der Waals surface area (Å²) in [5.41, 5.74) is 6.69. The Hall–Kier alpha value is -1.95. The molecule has 1 unspecified atom stereocenters. The van der Waals surface area contributed by atoms with Gasteiger partial charge in [0.2, 0.25) is 0 Å². The largest absolute Gasteiger partial charge is 0.480 e. The number of carboxylic acids is 1. The smallest absolute Gasteiger partial charge is 0.322 e. The molecule has 6 heteroatoms. The molecule has 86 valence electrons. The van der Waals surface area contributed by atoms with Gasteiger partial charge in [-0.2, -0.15) is 0 Å². The number of anilines is 1. The maximum atomic E-state index is 11.1. The van der Waals surface area contributed by atoms with E-state index in [0.717, 1.165) is 0 Å². The van der Waals surface area contributed by atoms with E-state index < -0.39 is 12.0 Å². The molecule has 0 saturated carbocycles. The van der Waals surface area contributed by atoms with Crippen LogP contribution in [0.1, 0.15) is 18.5 Å². The number of hydrogen-bond acceptors (Lipinski definition) is 5. The number of carbonyl (C=O) groups excluding carboxylic acids is 1. The molecular formula is C10H13N3O3. The Balaban J connectivity index is 2.91. The molecule has 0 bridgehead atoms. The number of nitrogens with one attached hydrogen (secondary N) is 1. The number of aromatic nitrogens is 1. The van der Waals surface area contributed by atoms with Crippen LogP contribution < -0.4 is 11.1 Å². The number of Topliss-reactive ketones (excluding diaryl/α,β-unsaturated/α-hetero) is 1. The molecule has 6 nitrogen and oxygen atoms in total. The predicted octanol–water partition coefficient (Wildman–Crippen LogP) is 0.167. The second kappa shape index (κ2) is 5.22. The van der Waals surface area contributed by atoms with Crippen molar-refractivity contribution in [2.45, 2.75) is 13.0 Å². The Labute approximate surface area is 92.5 Å². The predicted molar refractivity (Wildman–Crippen MR) is 58.0 cm³/mol. The van der Waals surface area contributed by atoms with E-state index in [1.54, 1.807) is 6.07 Å². The van der Waals surface area contributed by atoms with Crippen LogP contribution in [0.25, 0.3) is 0 Å². The van der Waals surface area contributed by atoms with E-state index >= 15 is 0 Å². The lowest BCUT2D eigenvalue weighted by Crippen LogP contribution is -2.21. The van der Waals surface area contributed by atoms with Crippen molar-refractivity contribution < 1.29 is 14.7 Å². The van der Waals surface area contributed by atoms with Crippen LogP contribution in [-0.2, 0) is 9.59 Å². The Morgan fingerprint density at radius 2 is 2.31 bits per heavy atom. The van der Waals surface area contributed by atoms with E-state index in [1.165, 1.54) is 19.3 Å². The first kappa shape index (κ1) is 12.1. The Morgan fingerprint density at radius 1 is 1.62 bits per heavy atom. The van der Waals surface area contributed by atoms with Crippen LogP contribution >= 0.6 is 0 Å². The van der Waals surface area contributed by atoms with Gasteiger partial charge in [-0.05, 0) is 13.0 Å². The molecule has 0 fully saturated rings. The first-order chi connectivity index (χ1) is 7.52. The molecule has 0 aliphatic heterocycles. The summed E-state index contributed by atoms with van der Waals surface area (Å²) >= 11 is 0. The minimum absolute atomic E-state index is 0.190. The fraction of sp³-hybridized carbons (Fsp3) is 0.300. The lowest BCUT2D eigenvalue weighted by atomic mass is 10.0. The summed E-state index contributed by atoms with van der Waals surface area (Å²) < 4.78 is 0. The second-order valence-electron chi connectivity index (χ2n) is 3.30. The van der Waals surface area contributed by atoms with E-state index in [4.69, 9.17) is 10.8 Å². The van der Waals surface area contributed by atoms with Crippen LogP contribution in [-0.4, -0.2) is 28.4 Å². The third-order valence-corrected chi connectivity index (χ3v) is 2.06. The van der Waals surface area contributed by atoms with Gasteiger partial charge in [-0.3, -0.25) is 14.6 Å². The molecule has 0 aromatic carbocycles. The SMILES string of the molecule is CC(=O)C(N)c1ccncc1NCC(=O)O. The molecule has 1 aromatic heterocycles. The number of hydrogen-bond donors (Lipinski definition) is 3. The molecule has 0 aliphatic rings. The van der Waals surface area contributed by atoms with Crippen LogP contribution in [0.5, 0.6) is 0 Å². The van der Waals surface area contributed by atoms with Gasteiger partial charge in [0.05, 0.1) is 17.9 Å². The third-order valence-electron chi connectivity index (χ3n) is 2.06. The van der Waals surface area contributed by atoms with Gasteiger partial charge < -0.3 is 16.2 Å². The van der Waals surface area contributed by atoms with E-state index in [1.807, 2.05) is 0 Å². The monoisotopic (exact) mass is 223 g/mol. The van der Waals surface area contributed by atoms with E-state index in [2.05, 4.69) is 10.3 Å². The summed E-state index contributed by atoms with van der Waals surface area (Å²) in [4.78, 5) is 25.4. The number of ketones is 1. The van der Waals surface area contributed by atoms with Gasteiger partial charge >= 0.3 is 5.97 Å².